The van der Waals surface area contributed by atoms with Crippen LogP contribution in [0.25, 0.3) is 10.2 Å². The summed E-state index contributed by atoms with van der Waals surface area (Å²) in [7, 11) is 0. The zero-order valence-corrected chi connectivity index (χ0v) is 15.2. The maximum Gasteiger partial charge on any atom is 0.231 e. The molecule has 2 saturated carbocycles. The molecule has 2 fully saturated rings. The Hall–Kier alpha value is -1.95. The first-order valence-electron chi connectivity index (χ1n) is 9.02. The number of fused-ring (bicyclic) bond motifs is 1. The number of nitrogens with zero attached hydrogens (tertiary/aromatic N) is 1. The number of nitrogens with one attached hydrogen (secondary N) is 2. The van der Waals surface area contributed by atoms with E-state index in [1.165, 1.54) is 0 Å². The van der Waals surface area contributed by atoms with Crippen LogP contribution in [0.3, 0.4) is 0 Å². The number of benzene rings is 1. The van der Waals surface area contributed by atoms with Gasteiger partial charge in [0.15, 0.2) is 0 Å². The minimum Gasteiger partial charge on any atom is -0.353 e. The second-order valence-corrected chi connectivity index (χ2v) is 8.61. The predicted molar refractivity (Wildman–Crippen MR) is 99.7 cm³/mol. The largest absolute Gasteiger partial charge is 0.353 e. The molecule has 2 aromatic rings. The van der Waals surface area contributed by atoms with Crippen LogP contribution in [0.4, 0.5) is 5.69 Å². The number of amides is 2. The van der Waals surface area contributed by atoms with E-state index in [2.05, 4.69) is 15.6 Å². The average Bonchev–Trinajstić information content (AvgIpc) is 3.10. The topological polar surface area (TPSA) is 71.1 Å². The van der Waals surface area contributed by atoms with Crippen LogP contribution < -0.4 is 10.6 Å². The SMILES string of the molecule is Cc1nc2ccc(NC(=O)C3(CC(=O)NC4CC4)CCCC3)cc2s1. The van der Waals surface area contributed by atoms with Crippen molar-refractivity contribution >= 4 is 39.1 Å². The lowest BCUT2D eigenvalue weighted by atomic mass is 9.81. The first kappa shape index (κ1) is 16.5. The van der Waals surface area contributed by atoms with Gasteiger partial charge in [0.05, 0.1) is 20.6 Å². The molecular formula is C19H23N3O2S. The summed E-state index contributed by atoms with van der Waals surface area (Å²) in [4.78, 5) is 29.8. The third kappa shape index (κ3) is 3.54. The summed E-state index contributed by atoms with van der Waals surface area (Å²) in [5.74, 6) is 0.00428. The zero-order chi connectivity index (χ0) is 17.4. The number of hydrogen-bond acceptors (Lipinski definition) is 4. The summed E-state index contributed by atoms with van der Waals surface area (Å²) in [6, 6.07) is 6.15. The van der Waals surface area contributed by atoms with Crippen molar-refractivity contribution < 1.29 is 9.59 Å². The third-order valence-electron chi connectivity index (χ3n) is 5.24. The van der Waals surface area contributed by atoms with Gasteiger partial charge in [-0.3, -0.25) is 9.59 Å². The van der Waals surface area contributed by atoms with Gasteiger partial charge >= 0.3 is 0 Å². The minimum atomic E-state index is -0.558. The Morgan fingerprint density at radius 1 is 1.28 bits per heavy atom. The molecule has 6 heteroatoms. The Bertz CT molecular complexity index is 819. The quantitative estimate of drug-likeness (QED) is 0.855. The van der Waals surface area contributed by atoms with Crippen molar-refractivity contribution in [1.82, 2.24) is 10.3 Å². The molecular weight excluding hydrogens is 334 g/mol. The summed E-state index contributed by atoms with van der Waals surface area (Å²) in [6.07, 6.45) is 6.04. The average molecular weight is 357 g/mol. The van der Waals surface area contributed by atoms with E-state index in [-0.39, 0.29) is 11.8 Å². The van der Waals surface area contributed by atoms with Crippen molar-refractivity contribution in [2.45, 2.75) is 57.9 Å². The van der Waals surface area contributed by atoms with Gasteiger partial charge in [-0.1, -0.05) is 12.8 Å². The number of thiazole rings is 1. The van der Waals surface area contributed by atoms with Crippen LogP contribution in [-0.2, 0) is 9.59 Å². The van der Waals surface area contributed by atoms with Crippen LogP contribution in [-0.4, -0.2) is 22.8 Å². The minimum absolute atomic E-state index is 0.0171. The maximum atomic E-state index is 13.0. The molecule has 5 nitrogen and oxygen atoms in total. The molecule has 0 atom stereocenters. The van der Waals surface area contributed by atoms with E-state index >= 15 is 0 Å². The summed E-state index contributed by atoms with van der Waals surface area (Å²) >= 11 is 1.62. The summed E-state index contributed by atoms with van der Waals surface area (Å²) in [5, 5.41) is 7.10. The van der Waals surface area contributed by atoms with Crippen molar-refractivity contribution in [2.75, 3.05) is 5.32 Å². The third-order valence-corrected chi connectivity index (χ3v) is 6.17. The highest BCUT2D eigenvalue weighted by atomic mass is 32.1. The standard InChI is InChI=1S/C19H23N3O2S/c1-12-20-15-7-6-14(10-16(15)25-12)22-18(24)19(8-2-3-9-19)11-17(23)21-13-4-5-13/h6-7,10,13H,2-5,8-9,11H2,1H3,(H,21,23)(H,22,24). The van der Waals surface area contributed by atoms with E-state index in [0.717, 1.165) is 59.4 Å². The molecule has 0 radical (unpaired) electrons. The molecule has 2 N–H and O–H groups in total. The van der Waals surface area contributed by atoms with Gasteiger partial charge in [-0.15, -0.1) is 11.3 Å². The number of carbonyl (C=O) groups excluding carboxylic acids is 2. The van der Waals surface area contributed by atoms with Gasteiger partial charge in [0.2, 0.25) is 11.8 Å². The van der Waals surface area contributed by atoms with Crippen LogP contribution in [0.15, 0.2) is 18.2 Å². The molecule has 4 rings (SSSR count). The Labute approximate surface area is 151 Å². The Balaban J connectivity index is 1.50. The lowest BCUT2D eigenvalue weighted by Crippen LogP contribution is -2.39. The smallest absolute Gasteiger partial charge is 0.231 e. The second kappa shape index (κ2) is 6.41. The van der Waals surface area contributed by atoms with E-state index < -0.39 is 5.41 Å². The van der Waals surface area contributed by atoms with Gasteiger partial charge in [0.25, 0.3) is 0 Å². The number of anilines is 1. The lowest BCUT2D eigenvalue weighted by molar-refractivity contribution is -0.132. The lowest BCUT2D eigenvalue weighted by Gasteiger charge is -2.27. The van der Waals surface area contributed by atoms with Crippen molar-refractivity contribution in [3.05, 3.63) is 23.2 Å². The second-order valence-electron chi connectivity index (χ2n) is 7.38. The van der Waals surface area contributed by atoms with Gasteiger partial charge in [0.1, 0.15) is 0 Å². The van der Waals surface area contributed by atoms with E-state index in [0.29, 0.717) is 12.5 Å². The Morgan fingerprint density at radius 2 is 2.04 bits per heavy atom. The molecule has 0 aliphatic heterocycles. The summed E-state index contributed by atoms with van der Waals surface area (Å²) in [5.41, 5.74) is 1.19. The molecule has 0 bridgehead atoms. The van der Waals surface area contributed by atoms with E-state index in [4.69, 9.17) is 0 Å². The Kier molecular flexibility index (Phi) is 4.23. The number of aryl methyl sites for hydroxylation is 1. The summed E-state index contributed by atoms with van der Waals surface area (Å²) in [6.45, 7) is 1.98. The van der Waals surface area contributed by atoms with Crippen LogP contribution in [0.1, 0.15) is 50.0 Å². The molecule has 1 aromatic heterocycles. The zero-order valence-electron chi connectivity index (χ0n) is 14.4. The number of carbonyl (C=O) groups is 2. The summed E-state index contributed by atoms with van der Waals surface area (Å²) < 4.78 is 1.07. The maximum absolute atomic E-state index is 13.0. The molecule has 2 amide bonds. The van der Waals surface area contributed by atoms with Gasteiger partial charge in [-0.25, -0.2) is 4.98 Å². The molecule has 2 aliphatic carbocycles. The first-order valence-corrected chi connectivity index (χ1v) is 9.84. The normalized spacial score (nSPS) is 19.1. The molecule has 25 heavy (non-hydrogen) atoms. The van der Waals surface area contributed by atoms with E-state index in [1.807, 2.05) is 25.1 Å². The molecule has 1 heterocycles. The van der Waals surface area contributed by atoms with Crippen LogP contribution in [0.5, 0.6) is 0 Å². The fourth-order valence-corrected chi connectivity index (χ4v) is 4.60. The fraction of sp³-hybridized carbons (Fsp3) is 0.526. The highest BCUT2D eigenvalue weighted by Gasteiger charge is 2.43. The number of aromatic nitrogens is 1. The van der Waals surface area contributed by atoms with E-state index in [1.54, 1.807) is 11.3 Å². The van der Waals surface area contributed by atoms with E-state index in [9.17, 15) is 9.59 Å². The predicted octanol–water partition coefficient (Wildman–Crippen LogP) is 3.77. The molecule has 1 aromatic carbocycles. The van der Waals surface area contributed by atoms with Crippen LogP contribution in [0.2, 0.25) is 0 Å². The number of rotatable bonds is 5. The van der Waals surface area contributed by atoms with Gasteiger partial charge in [0, 0.05) is 18.2 Å². The molecule has 2 aliphatic rings. The van der Waals surface area contributed by atoms with Crippen molar-refractivity contribution in [2.24, 2.45) is 5.41 Å². The number of hydrogen-bond donors (Lipinski definition) is 2. The molecule has 132 valence electrons. The Morgan fingerprint density at radius 3 is 2.76 bits per heavy atom. The van der Waals surface area contributed by atoms with Crippen molar-refractivity contribution in [1.29, 1.82) is 0 Å². The monoisotopic (exact) mass is 357 g/mol. The van der Waals surface area contributed by atoms with Crippen molar-refractivity contribution in [3.8, 4) is 0 Å². The highest BCUT2D eigenvalue weighted by molar-refractivity contribution is 7.18. The van der Waals surface area contributed by atoms with Crippen LogP contribution in [0, 0.1) is 12.3 Å². The van der Waals surface area contributed by atoms with Crippen molar-refractivity contribution in [3.63, 3.8) is 0 Å². The molecule has 0 spiro atoms. The molecule has 0 unspecified atom stereocenters. The first-order chi connectivity index (χ1) is 12.0. The van der Waals surface area contributed by atoms with Crippen LogP contribution >= 0.6 is 11.3 Å². The van der Waals surface area contributed by atoms with Gasteiger partial charge in [-0.05, 0) is 50.8 Å². The molecule has 0 saturated heterocycles. The van der Waals surface area contributed by atoms with Gasteiger partial charge in [-0.2, -0.15) is 0 Å². The highest BCUT2D eigenvalue weighted by Crippen LogP contribution is 2.42. The fourth-order valence-electron chi connectivity index (χ4n) is 3.73. The van der Waals surface area contributed by atoms with Gasteiger partial charge < -0.3 is 10.6 Å².